The number of aromatic nitrogens is 4. The van der Waals surface area contributed by atoms with Crippen molar-refractivity contribution in [3.8, 4) is 11.3 Å². The van der Waals surface area contributed by atoms with Crippen molar-refractivity contribution in [2.45, 2.75) is 43.9 Å². The fourth-order valence-electron chi connectivity index (χ4n) is 5.55. The molecule has 6 rings (SSSR count). The van der Waals surface area contributed by atoms with E-state index < -0.39 is 17.8 Å². The van der Waals surface area contributed by atoms with Crippen LogP contribution in [0.25, 0.3) is 11.3 Å². The van der Waals surface area contributed by atoms with Gasteiger partial charge < -0.3 is 25.0 Å². The van der Waals surface area contributed by atoms with Gasteiger partial charge in [-0.25, -0.2) is 4.98 Å². The van der Waals surface area contributed by atoms with Crippen LogP contribution in [0.15, 0.2) is 30.6 Å². The van der Waals surface area contributed by atoms with Gasteiger partial charge in [-0.05, 0) is 50.4 Å². The molecule has 2 N–H and O–H groups in total. The molecule has 0 spiro atoms. The summed E-state index contributed by atoms with van der Waals surface area (Å²) in [4.78, 5) is 46.4. The summed E-state index contributed by atoms with van der Waals surface area (Å²) >= 11 is 6.44. The van der Waals surface area contributed by atoms with E-state index in [-0.39, 0.29) is 69.7 Å². The molecule has 1 aliphatic carbocycles. The third-order valence-corrected chi connectivity index (χ3v) is 8.40. The number of piperazine rings is 1. The van der Waals surface area contributed by atoms with Crippen LogP contribution in [0.4, 0.5) is 18.9 Å². The Kier molecular flexibility index (Phi) is 8.96. The average Bonchev–Trinajstić information content (AvgIpc) is 3.33. The minimum Gasteiger partial charge on any atom is -0.338 e. The number of rotatable bonds is 6. The van der Waals surface area contributed by atoms with Crippen molar-refractivity contribution in [1.29, 1.82) is 0 Å². The second-order valence-corrected chi connectivity index (χ2v) is 11.4. The van der Waals surface area contributed by atoms with Gasteiger partial charge >= 0.3 is 6.18 Å². The minimum absolute atomic E-state index is 0. The number of hydrogen-bond donors (Lipinski definition) is 2. The van der Waals surface area contributed by atoms with Gasteiger partial charge in [0.25, 0.3) is 11.8 Å². The van der Waals surface area contributed by atoms with E-state index in [2.05, 4.69) is 20.7 Å². The van der Waals surface area contributed by atoms with Crippen LogP contribution in [0.1, 0.15) is 58.4 Å². The molecule has 0 unspecified atom stereocenters. The van der Waals surface area contributed by atoms with Gasteiger partial charge in [0, 0.05) is 45.1 Å². The SMILES string of the molecule is Cl.Cn1c(-c2cn(C3CC3)nc2C(F)(F)F)cnc1C(=O)Nc1ccc(C(=O)N2CCN(C(=O)[C@@H]3CCCN3)CC2)c(Cl)c1. The predicted octanol–water partition coefficient (Wildman–Crippen LogP) is 4.00. The summed E-state index contributed by atoms with van der Waals surface area (Å²) < 4.78 is 43.8. The van der Waals surface area contributed by atoms with Crippen molar-refractivity contribution in [2.75, 3.05) is 38.0 Å². The maximum atomic E-state index is 13.7. The van der Waals surface area contributed by atoms with E-state index in [1.165, 1.54) is 46.9 Å². The van der Waals surface area contributed by atoms with Crippen molar-refractivity contribution in [1.82, 2.24) is 34.4 Å². The summed E-state index contributed by atoms with van der Waals surface area (Å²) in [6.07, 6.45) is 1.21. The summed E-state index contributed by atoms with van der Waals surface area (Å²) in [5.74, 6) is -0.991. The van der Waals surface area contributed by atoms with Crippen molar-refractivity contribution < 1.29 is 27.6 Å². The number of amides is 3. The number of nitrogens with zero attached hydrogens (tertiary/aromatic N) is 6. The topological polar surface area (TPSA) is 117 Å². The maximum absolute atomic E-state index is 13.7. The molecule has 3 aliphatic rings. The third-order valence-electron chi connectivity index (χ3n) is 8.08. The second kappa shape index (κ2) is 12.4. The molecule has 11 nitrogen and oxygen atoms in total. The van der Waals surface area contributed by atoms with Gasteiger partial charge in [0.1, 0.15) is 0 Å². The molecule has 1 aromatic carbocycles. The number of benzene rings is 1. The van der Waals surface area contributed by atoms with E-state index in [4.69, 9.17) is 11.6 Å². The van der Waals surface area contributed by atoms with Crippen molar-refractivity contribution in [3.63, 3.8) is 0 Å². The van der Waals surface area contributed by atoms with Crippen LogP contribution >= 0.6 is 24.0 Å². The Morgan fingerprint density at radius 1 is 1.07 bits per heavy atom. The van der Waals surface area contributed by atoms with Crippen LogP contribution in [0.2, 0.25) is 5.02 Å². The minimum atomic E-state index is -4.67. The number of alkyl halides is 3. The number of carbonyl (C=O) groups is 3. The zero-order valence-corrected chi connectivity index (χ0v) is 25.3. The first-order valence-electron chi connectivity index (χ1n) is 14.1. The number of nitrogens with one attached hydrogen (secondary N) is 2. The van der Waals surface area contributed by atoms with Gasteiger partial charge in [-0.3, -0.25) is 19.1 Å². The average molecular weight is 656 g/mol. The zero-order valence-electron chi connectivity index (χ0n) is 23.7. The molecule has 1 atom stereocenters. The lowest BCUT2D eigenvalue weighted by molar-refractivity contribution is -0.141. The first kappa shape index (κ1) is 31.8. The Morgan fingerprint density at radius 3 is 2.39 bits per heavy atom. The molecule has 236 valence electrons. The van der Waals surface area contributed by atoms with Crippen molar-refractivity contribution >= 4 is 47.4 Å². The smallest absolute Gasteiger partial charge is 0.338 e. The number of carbonyl (C=O) groups excluding carboxylic acids is 3. The number of hydrogen-bond acceptors (Lipinski definition) is 6. The zero-order chi connectivity index (χ0) is 30.5. The van der Waals surface area contributed by atoms with Gasteiger partial charge in [-0.2, -0.15) is 18.3 Å². The molecule has 3 aromatic rings. The second-order valence-electron chi connectivity index (χ2n) is 11.0. The molecular formula is C28H31Cl2F3N8O3. The van der Waals surface area contributed by atoms with Gasteiger partial charge in [-0.15, -0.1) is 12.4 Å². The lowest BCUT2D eigenvalue weighted by Crippen LogP contribution is -2.54. The first-order chi connectivity index (χ1) is 20.5. The standard InChI is InChI=1S/C28H30ClF3N8O3.ClH/c1-37-22(19-15-40(17-5-6-17)36-23(19)28(30,31)32)14-34-24(37)25(41)35-16-4-7-18(20(29)13-16)26(42)38-9-11-39(12-10-38)27(43)21-3-2-8-33-21;/h4,7,13-15,17,21,33H,2-3,5-6,8-12H2,1H3,(H,35,41);1H/t21-;/m0./s1. The van der Waals surface area contributed by atoms with Gasteiger partial charge in [-0.1, -0.05) is 11.6 Å². The van der Waals surface area contributed by atoms with Crippen LogP contribution < -0.4 is 10.6 Å². The molecule has 0 radical (unpaired) electrons. The third kappa shape index (κ3) is 6.28. The fraction of sp³-hybridized carbons (Fsp3) is 0.464. The highest BCUT2D eigenvalue weighted by Crippen LogP contribution is 2.41. The summed E-state index contributed by atoms with van der Waals surface area (Å²) in [7, 11) is 1.46. The Labute approximate surface area is 262 Å². The molecule has 1 saturated carbocycles. The van der Waals surface area contributed by atoms with Crippen LogP contribution in [-0.4, -0.2) is 85.6 Å². The number of halogens is 5. The summed E-state index contributed by atoms with van der Waals surface area (Å²) in [6.45, 7) is 2.46. The highest BCUT2D eigenvalue weighted by Gasteiger charge is 2.40. The molecule has 2 aliphatic heterocycles. The molecule has 16 heteroatoms. The fourth-order valence-corrected chi connectivity index (χ4v) is 5.82. The van der Waals surface area contributed by atoms with E-state index in [9.17, 15) is 27.6 Å². The molecule has 3 amide bonds. The van der Waals surface area contributed by atoms with E-state index in [1.54, 1.807) is 9.80 Å². The first-order valence-corrected chi connectivity index (χ1v) is 14.5. The van der Waals surface area contributed by atoms with Crippen LogP contribution in [-0.2, 0) is 18.0 Å². The van der Waals surface area contributed by atoms with Crippen LogP contribution in [0.3, 0.4) is 0 Å². The molecule has 2 saturated heterocycles. The quantitative estimate of drug-likeness (QED) is 0.415. The van der Waals surface area contributed by atoms with Crippen LogP contribution in [0, 0.1) is 0 Å². The maximum Gasteiger partial charge on any atom is 0.435 e. The Morgan fingerprint density at radius 2 is 1.77 bits per heavy atom. The highest BCUT2D eigenvalue weighted by atomic mass is 35.5. The molecular weight excluding hydrogens is 624 g/mol. The molecule has 3 fully saturated rings. The van der Waals surface area contributed by atoms with E-state index >= 15 is 0 Å². The van der Waals surface area contributed by atoms with Gasteiger partial charge in [0.2, 0.25) is 5.91 Å². The Bertz CT molecular complexity index is 1570. The summed E-state index contributed by atoms with van der Waals surface area (Å²) in [5, 5.41) is 9.74. The van der Waals surface area contributed by atoms with E-state index in [1.807, 2.05) is 0 Å². The lowest BCUT2D eigenvalue weighted by Gasteiger charge is -2.36. The number of imidazole rings is 1. The predicted molar refractivity (Wildman–Crippen MR) is 158 cm³/mol. The van der Waals surface area contributed by atoms with Gasteiger partial charge in [0.15, 0.2) is 11.5 Å². The molecule has 0 bridgehead atoms. The molecule has 44 heavy (non-hydrogen) atoms. The normalized spacial score (nSPS) is 18.7. The van der Waals surface area contributed by atoms with Gasteiger partial charge in [0.05, 0.1) is 40.1 Å². The Hall–Kier alpha value is -3.62. The molecule has 2 aromatic heterocycles. The molecule has 4 heterocycles. The van der Waals surface area contributed by atoms with Crippen molar-refractivity contribution in [2.24, 2.45) is 7.05 Å². The summed E-state index contributed by atoms with van der Waals surface area (Å²) in [5.41, 5.74) is -0.540. The lowest BCUT2D eigenvalue weighted by atomic mass is 10.1. The van der Waals surface area contributed by atoms with Crippen LogP contribution in [0.5, 0.6) is 0 Å². The number of anilines is 1. The van der Waals surface area contributed by atoms with E-state index in [0.717, 1.165) is 32.2 Å². The largest absolute Gasteiger partial charge is 0.435 e. The van der Waals surface area contributed by atoms with E-state index in [0.29, 0.717) is 26.2 Å². The monoisotopic (exact) mass is 654 g/mol. The summed E-state index contributed by atoms with van der Waals surface area (Å²) in [6, 6.07) is 4.25. The Balaban J connectivity index is 0.00000384. The van der Waals surface area contributed by atoms with Crippen molar-refractivity contribution in [3.05, 3.63) is 52.7 Å². The highest BCUT2D eigenvalue weighted by molar-refractivity contribution is 6.34.